The lowest BCUT2D eigenvalue weighted by atomic mass is 9.67. The van der Waals surface area contributed by atoms with Crippen molar-refractivity contribution in [3.63, 3.8) is 0 Å². The lowest BCUT2D eigenvalue weighted by molar-refractivity contribution is 0.0365. The van der Waals surface area contributed by atoms with Crippen molar-refractivity contribution in [3.05, 3.63) is 35.8 Å². The number of imidazole rings is 1. The molecule has 2 bridgehead atoms. The fourth-order valence-electron chi connectivity index (χ4n) is 6.97. The van der Waals surface area contributed by atoms with Gasteiger partial charge in [0.05, 0.1) is 5.60 Å². The SMILES string of the molecule is CC1CC2(CNC(=O)c3cccc4nc(C(=O)N(C)CC(C)(C)O)cn34)CC3CC3(C1)C2. The van der Waals surface area contributed by atoms with E-state index in [-0.39, 0.29) is 29.5 Å². The van der Waals surface area contributed by atoms with Gasteiger partial charge in [-0.25, -0.2) is 4.98 Å². The third kappa shape index (κ3) is 3.70. The van der Waals surface area contributed by atoms with Crippen LogP contribution in [0.25, 0.3) is 5.65 Å². The summed E-state index contributed by atoms with van der Waals surface area (Å²) < 4.78 is 1.69. The lowest BCUT2D eigenvalue weighted by Gasteiger charge is -2.40. The molecule has 3 aliphatic rings. The predicted molar refractivity (Wildman–Crippen MR) is 121 cm³/mol. The second-order valence-electron chi connectivity index (χ2n) is 11.6. The predicted octanol–water partition coefficient (Wildman–Crippen LogP) is 3.12. The number of rotatable bonds is 6. The Morgan fingerprint density at radius 1 is 1.28 bits per heavy atom. The molecule has 3 aliphatic carbocycles. The number of likely N-dealkylation sites (N-methyl/N-ethyl adjacent to an activating group) is 1. The molecule has 172 valence electrons. The Bertz CT molecular complexity index is 1080. The van der Waals surface area contributed by atoms with E-state index in [2.05, 4.69) is 17.2 Å². The molecule has 2 heterocycles. The molecule has 4 unspecified atom stereocenters. The van der Waals surface area contributed by atoms with E-state index < -0.39 is 5.60 Å². The number of amides is 2. The van der Waals surface area contributed by atoms with E-state index in [0.29, 0.717) is 16.8 Å². The topological polar surface area (TPSA) is 86.9 Å². The summed E-state index contributed by atoms with van der Waals surface area (Å²) in [5.41, 5.74) is 1.14. The van der Waals surface area contributed by atoms with Gasteiger partial charge < -0.3 is 15.3 Å². The van der Waals surface area contributed by atoms with Crippen molar-refractivity contribution in [3.8, 4) is 0 Å². The summed E-state index contributed by atoms with van der Waals surface area (Å²) in [6.07, 6.45) is 8.08. The Balaban J connectivity index is 1.32. The van der Waals surface area contributed by atoms with Gasteiger partial charge in [-0.3, -0.25) is 14.0 Å². The van der Waals surface area contributed by atoms with Gasteiger partial charge in [-0.2, -0.15) is 0 Å². The molecule has 4 atom stereocenters. The first-order valence-electron chi connectivity index (χ1n) is 11.7. The fraction of sp³-hybridized carbons (Fsp3) is 0.640. The number of nitrogens with zero attached hydrogens (tertiary/aromatic N) is 3. The van der Waals surface area contributed by atoms with Crippen LogP contribution in [0.2, 0.25) is 0 Å². The maximum absolute atomic E-state index is 13.2. The van der Waals surface area contributed by atoms with Crippen molar-refractivity contribution in [1.82, 2.24) is 19.6 Å². The van der Waals surface area contributed by atoms with Gasteiger partial charge in [-0.15, -0.1) is 0 Å². The minimum Gasteiger partial charge on any atom is -0.389 e. The Morgan fingerprint density at radius 3 is 2.81 bits per heavy atom. The fourth-order valence-corrected chi connectivity index (χ4v) is 6.97. The standard InChI is InChI=1S/C25H34N4O3/c1-16-8-24(10-17-11-25(17,9-16)13-24)14-26-21(30)19-6-5-7-20-27-18(12-29(19)20)22(31)28(4)15-23(2,3)32/h5-7,12,16-17,32H,8-11,13-15H2,1-4H3,(H,26,30). The third-order valence-electron chi connectivity index (χ3n) is 7.84. The number of fused-ring (bicyclic) bond motifs is 2. The molecule has 0 aliphatic heterocycles. The van der Waals surface area contributed by atoms with Crippen LogP contribution in [-0.2, 0) is 0 Å². The molecule has 3 fully saturated rings. The van der Waals surface area contributed by atoms with Gasteiger partial charge in [-0.05, 0) is 80.8 Å². The summed E-state index contributed by atoms with van der Waals surface area (Å²) in [7, 11) is 1.64. The maximum Gasteiger partial charge on any atom is 0.273 e. The molecule has 32 heavy (non-hydrogen) atoms. The summed E-state index contributed by atoms with van der Waals surface area (Å²) in [5, 5.41) is 13.2. The molecule has 0 aromatic carbocycles. The summed E-state index contributed by atoms with van der Waals surface area (Å²) in [5.74, 6) is 1.20. The number of hydrogen-bond donors (Lipinski definition) is 2. The Labute approximate surface area is 189 Å². The number of carbonyl (C=O) groups excluding carboxylic acids is 2. The second-order valence-corrected chi connectivity index (χ2v) is 11.6. The van der Waals surface area contributed by atoms with Crippen molar-refractivity contribution in [2.45, 2.75) is 58.5 Å². The van der Waals surface area contributed by atoms with E-state index in [9.17, 15) is 14.7 Å². The summed E-state index contributed by atoms with van der Waals surface area (Å²) in [6.45, 7) is 6.59. The molecule has 0 radical (unpaired) electrons. The molecule has 1 spiro atoms. The van der Waals surface area contributed by atoms with E-state index in [4.69, 9.17) is 0 Å². The molecule has 2 N–H and O–H groups in total. The normalized spacial score (nSPS) is 30.8. The molecular weight excluding hydrogens is 404 g/mol. The zero-order chi connectivity index (χ0) is 22.9. The quantitative estimate of drug-likeness (QED) is 0.726. The first-order valence-corrected chi connectivity index (χ1v) is 11.7. The van der Waals surface area contributed by atoms with E-state index in [0.717, 1.165) is 18.4 Å². The lowest BCUT2D eigenvalue weighted by Crippen LogP contribution is -2.41. The molecule has 0 saturated heterocycles. The highest BCUT2D eigenvalue weighted by molar-refractivity contribution is 5.95. The Kier molecular flexibility index (Phi) is 4.72. The largest absolute Gasteiger partial charge is 0.389 e. The smallest absolute Gasteiger partial charge is 0.273 e. The monoisotopic (exact) mass is 438 g/mol. The van der Waals surface area contributed by atoms with Gasteiger partial charge >= 0.3 is 0 Å². The summed E-state index contributed by atoms with van der Waals surface area (Å²) in [4.78, 5) is 31.8. The van der Waals surface area contributed by atoms with Crippen LogP contribution in [-0.4, -0.2) is 56.9 Å². The molecule has 7 nitrogen and oxygen atoms in total. The van der Waals surface area contributed by atoms with Crippen molar-refractivity contribution < 1.29 is 14.7 Å². The van der Waals surface area contributed by atoms with Crippen LogP contribution in [0.4, 0.5) is 0 Å². The minimum atomic E-state index is -0.996. The van der Waals surface area contributed by atoms with E-state index in [1.807, 2.05) is 0 Å². The van der Waals surface area contributed by atoms with Gasteiger partial charge in [0.2, 0.25) is 0 Å². The Morgan fingerprint density at radius 2 is 2.06 bits per heavy atom. The Hall–Kier alpha value is -2.41. The van der Waals surface area contributed by atoms with E-state index >= 15 is 0 Å². The molecule has 5 rings (SSSR count). The highest BCUT2D eigenvalue weighted by atomic mass is 16.3. The third-order valence-corrected chi connectivity index (χ3v) is 7.84. The number of carbonyl (C=O) groups is 2. The second kappa shape index (κ2) is 7.04. The van der Waals surface area contributed by atoms with Gasteiger partial charge in [-0.1, -0.05) is 13.0 Å². The number of aromatic nitrogens is 2. The summed E-state index contributed by atoms with van der Waals surface area (Å²) >= 11 is 0. The van der Waals surface area contributed by atoms with Gasteiger partial charge in [0.25, 0.3) is 11.8 Å². The maximum atomic E-state index is 13.2. The van der Waals surface area contributed by atoms with E-state index in [1.165, 1.54) is 37.0 Å². The zero-order valence-electron chi connectivity index (χ0n) is 19.5. The van der Waals surface area contributed by atoms with Crippen molar-refractivity contribution in [2.24, 2.45) is 22.7 Å². The van der Waals surface area contributed by atoms with Crippen LogP contribution < -0.4 is 5.32 Å². The average Bonchev–Trinajstić information content (AvgIpc) is 3.06. The molecule has 7 heteroatoms. The van der Waals surface area contributed by atoms with Gasteiger partial charge in [0.15, 0.2) is 0 Å². The average molecular weight is 439 g/mol. The van der Waals surface area contributed by atoms with Gasteiger partial charge in [0, 0.05) is 26.3 Å². The van der Waals surface area contributed by atoms with Crippen LogP contribution in [0.3, 0.4) is 0 Å². The number of aliphatic hydroxyl groups is 1. The van der Waals surface area contributed by atoms with Crippen LogP contribution in [0.5, 0.6) is 0 Å². The number of hydrogen-bond acceptors (Lipinski definition) is 4. The highest BCUT2D eigenvalue weighted by Gasteiger charge is 2.67. The minimum absolute atomic E-state index is 0.126. The van der Waals surface area contributed by atoms with E-state index in [1.54, 1.807) is 49.7 Å². The highest BCUT2D eigenvalue weighted by Crippen LogP contribution is 2.75. The van der Waals surface area contributed by atoms with Gasteiger partial charge in [0.1, 0.15) is 17.0 Å². The molecule has 2 amide bonds. The number of pyridine rings is 1. The van der Waals surface area contributed by atoms with Crippen molar-refractivity contribution in [1.29, 1.82) is 0 Å². The molecule has 2 aromatic heterocycles. The molecule has 2 aromatic rings. The first-order chi connectivity index (χ1) is 15.0. The van der Waals surface area contributed by atoms with Crippen molar-refractivity contribution in [2.75, 3.05) is 20.1 Å². The van der Waals surface area contributed by atoms with Crippen LogP contribution in [0.15, 0.2) is 24.4 Å². The molecule has 3 saturated carbocycles. The summed E-state index contributed by atoms with van der Waals surface area (Å²) in [6, 6.07) is 5.36. The number of nitrogens with one attached hydrogen (secondary N) is 1. The first kappa shape index (κ1) is 21.4. The zero-order valence-corrected chi connectivity index (χ0v) is 19.5. The van der Waals surface area contributed by atoms with Crippen LogP contribution in [0.1, 0.15) is 73.9 Å². The van der Waals surface area contributed by atoms with Crippen molar-refractivity contribution >= 4 is 17.5 Å². The van der Waals surface area contributed by atoms with Crippen LogP contribution >= 0.6 is 0 Å². The molecular formula is C25H34N4O3. The van der Waals surface area contributed by atoms with Crippen LogP contribution in [0, 0.1) is 22.7 Å².